The summed E-state index contributed by atoms with van der Waals surface area (Å²) < 4.78 is 0.135. The largest absolute Gasteiger partial charge is 0.452 e. The number of hydrogen-bond acceptors (Lipinski definition) is 2. The molecule has 0 aromatic rings. The third-order valence-corrected chi connectivity index (χ3v) is 3.32. The van der Waals surface area contributed by atoms with E-state index in [9.17, 15) is 9.59 Å². The molecular weight excluding hydrogens is 206 g/mol. The Bertz CT molecular complexity index is 327. The van der Waals surface area contributed by atoms with Gasteiger partial charge in [0.15, 0.2) is 0 Å². The van der Waals surface area contributed by atoms with Crippen molar-refractivity contribution >= 4 is 12.1 Å². The monoisotopic (exact) mass is 226 g/mol. The minimum absolute atomic E-state index is 0.0859. The molecule has 1 spiro atoms. The van der Waals surface area contributed by atoms with E-state index in [4.69, 9.17) is 0 Å². The number of urea groups is 2. The molecule has 2 heterocycles. The minimum atomic E-state index is -0.444. The van der Waals surface area contributed by atoms with Gasteiger partial charge < -0.3 is 0 Å². The Labute approximate surface area is 95.9 Å². The van der Waals surface area contributed by atoms with E-state index >= 15 is 0 Å². The van der Waals surface area contributed by atoms with Crippen LogP contribution in [0.15, 0.2) is 0 Å². The molecule has 90 valence electrons. The van der Waals surface area contributed by atoms with E-state index in [1.165, 1.54) is 4.90 Å². The molecule has 2 saturated heterocycles. The van der Waals surface area contributed by atoms with Gasteiger partial charge in [-0.05, 0) is 40.0 Å². The summed E-state index contributed by atoms with van der Waals surface area (Å²) in [6, 6.07) is -0.336. The summed E-state index contributed by atoms with van der Waals surface area (Å²) >= 11 is 0. The highest BCUT2D eigenvalue weighted by Crippen LogP contribution is 2.28. The second kappa shape index (κ2) is 3.45. The van der Waals surface area contributed by atoms with Crippen molar-refractivity contribution in [2.75, 3.05) is 13.1 Å². The van der Waals surface area contributed by atoms with Crippen LogP contribution >= 0.6 is 0 Å². The fraction of sp³-hybridized carbons (Fsp3) is 0.818. The zero-order valence-corrected chi connectivity index (χ0v) is 10.2. The van der Waals surface area contributed by atoms with Crippen molar-refractivity contribution in [2.45, 2.75) is 45.6 Å². The van der Waals surface area contributed by atoms with Gasteiger partial charge in [-0.1, -0.05) is 0 Å². The van der Waals surface area contributed by atoms with Crippen molar-refractivity contribution in [3.05, 3.63) is 0 Å². The number of amides is 4. The van der Waals surface area contributed by atoms with Gasteiger partial charge >= 0.3 is 12.1 Å². The lowest BCUT2D eigenvalue weighted by molar-refractivity contribution is -0.885. The number of nitrogens with one attached hydrogen (secondary N) is 1. The molecule has 0 aromatic heterocycles. The first-order valence-electron chi connectivity index (χ1n) is 5.91. The average molecular weight is 226 g/mol. The molecular formula is C11H20N3O2+. The lowest BCUT2D eigenvalue weighted by atomic mass is 10.1. The average Bonchev–Trinajstić information content (AvgIpc) is 2.38. The van der Waals surface area contributed by atoms with Gasteiger partial charge in [0, 0.05) is 5.54 Å². The van der Waals surface area contributed by atoms with Crippen molar-refractivity contribution in [1.29, 1.82) is 0 Å². The third-order valence-electron chi connectivity index (χ3n) is 3.32. The highest BCUT2D eigenvalue weighted by atomic mass is 16.2. The standard InChI is InChI=1S/C11H19N3O2/c1-11(2,3)13-9(15)12-14(10(13)16)7-5-4-6-8-14/h4-8H2,1-3H3/p+1. The fourth-order valence-electron chi connectivity index (χ4n) is 2.51. The molecule has 0 atom stereocenters. The maximum Gasteiger partial charge on any atom is 0.452 e. The van der Waals surface area contributed by atoms with Gasteiger partial charge in [-0.2, -0.15) is 5.43 Å². The number of hydrogen-bond donors (Lipinski definition) is 1. The summed E-state index contributed by atoms with van der Waals surface area (Å²) in [6.07, 6.45) is 3.16. The van der Waals surface area contributed by atoms with Crippen LogP contribution in [-0.2, 0) is 0 Å². The van der Waals surface area contributed by atoms with Gasteiger partial charge in [0.2, 0.25) is 0 Å². The molecule has 5 nitrogen and oxygen atoms in total. The lowest BCUT2D eigenvalue weighted by Crippen LogP contribution is -2.60. The van der Waals surface area contributed by atoms with Crippen LogP contribution in [-0.4, -0.2) is 40.2 Å². The van der Waals surface area contributed by atoms with Crippen molar-refractivity contribution in [3.8, 4) is 0 Å². The summed E-state index contributed by atoms with van der Waals surface area (Å²) in [5.74, 6) is 0. The predicted octanol–water partition coefficient (Wildman–Crippen LogP) is 1.85. The zero-order chi connectivity index (χ0) is 12.0. The van der Waals surface area contributed by atoms with Crippen LogP contribution in [0.1, 0.15) is 40.0 Å². The normalized spacial score (nSPS) is 25.1. The second-order valence-corrected chi connectivity index (χ2v) is 5.68. The molecule has 2 aliphatic rings. The van der Waals surface area contributed by atoms with E-state index in [1.807, 2.05) is 20.8 Å². The predicted molar refractivity (Wildman–Crippen MR) is 59.4 cm³/mol. The molecule has 2 fully saturated rings. The second-order valence-electron chi connectivity index (χ2n) is 5.68. The number of piperidine rings is 1. The van der Waals surface area contributed by atoms with Gasteiger partial charge in [0.1, 0.15) is 13.1 Å². The molecule has 0 aromatic carbocycles. The Morgan fingerprint density at radius 2 is 1.69 bits per heavy atom. The highest BCUT2D eigenvalue weighted by molar-refractivity contribution is 5.95. The number of carbonyl (C=O) groups excluding carboxylic acids is 2. The first-order chi connectivity index (χ1) is 7.37. The Hall–Kier alpha value is -1.10. The fourth-order valence-corrected chi connectivity index (χ4v) is 2.51. The zero-order valence-electron chi connectivity index (χ0n) is 10.2. The van der Waals surface area contributed by atoms with Crippen molar-refractivity contribution < 1.29 is 14.2 Å². The summed E-state index contributed by atoms with van der Waals surface area (Å²) in [5.41, 5.74) is 2.41. The van der Waals surface area contributed by atoms with E-state index in [0.717, 1.165) is 32.4 Å². The Morgan fingerprint density at radius 3 is 2.12 bits per heavy atom. The summed E-state index contributed by atoms with van der Waals surface area (Å²) in [4.78, 5) is 25.6. The van der Waals surface area contributed by atoms with E-state index < -0.39 is 5.54 Å². The van der Waals surface area contributed by atoms with E-state index in [0.29, 0.717) is 0 Å². The van der Waals surface area contributed by atoms with E-state index in [2.05, 4.69) is 5.43 Å². The third kappa shape index (κ3) is 1.59. The maximum absolute atomic E-state index is 12.4. The Kier molecular flexibility index (Phi) is 2.45. The molecule has 0 aliphatic carbocycles. The number of rotatable bonds is 0. The van der Waals surface area contributed by atoms with Gasteiger partial charge in [-0.3, -0.25) is 0 Å². The quantitative estimate of drug-likeness (QED) is 0.641. The maximum atomic E-state index is 12.4. The molecule has 5 heteroatoms. The molecule has 0 saturated carbocycles. The molecule has 0 unspecified atom stereocenters. The van der Waals surface area contributed by atoms with Crippen LogP contribution in [0.3, 0.4) is 0 Å². The number of imide groups is 1. The summed E-state index contributed by atoms with van der Waals surface area (Å²) in [7, 11) is 0. The van der Waals surface area contributed by atoms with Gasteiger partial charge in [0.25, 0.3) is 0 Å². The smallest absolute Gasteiger partial charge is 0.243 e. The molecule has 16 heavy (non-hydrogen) atoms. The van der Waals surface area contributed by atoms with Crippen molar-refractivity contribution in [1.82, 2.24) is 10.3 Å². The van der Waals surface area contributed by atoms with Crippen LogP contribution in [0.25, 0.3) is 0 Å². The van der Waals surface area contributed by atoms with E-state index in [1.54, 1.807) is 0 Å². The SMILES string of the molecule is CC(C)(C)N1C(=O)N[N+]2(CCCCC2)C1=O. The first-order valence-corrected chi connectivity index (χ1v) is 5.91. The first kappa shape index (κ1) is 11.4. The van der Waals surface area contributed by atoms with Gasteiger partial charge in [0.05, 0.1) is 0 Å². The Balaban J connectivity index is 2.28. The number of nitrogens with zero attached hydrogens (tertiary/aromatic N) is 2. The Morgan fingerprint density at radius 1 is 1.12 bits per heavy atom. The molecule has 0 radical (unpaired) electrons. The topological polar surface area (TPSA) is 49.4 Å². The molecule has 2 aliphatic heterocycles. The molecule has 0 bridgehead atoms. The van der Waals surface area contributed by atoms with E-state index in [-0.39, 0.29) is 16.7 Å². The van der Waals surface area contributed by atoms with Crippen LogP contribution < -0.4 is 5.43 Å². The highest BCUT2D eigenvalue weighted by Gasteiger charge is 2.56. The summed E-state index contributed by atoms with van der Waals surface area (Å²) in [5, 5.41) is 0. The van der Waals surface area contributed by atoms with Gasteiger partial charge in [-0.15, -0.1) is 4.59 Å². The van der Waals surface area contributed by atoms with Gasteiger partial charge in [-0.25, -0.2) is 14.5 Å². The van der Waals surface area contributed by atoms with Crippen LogP contribution in [0.5, 0.6) is 0 Å². The summed E-state index contributed by atoms with van der Waals surface area (Å²) in [6.45, 7) is 7.12. The number of quaternary nitrogens is 1. The lowest BCUT2D eigenvalue weighted by Gasteiger charge is -2.33. The van der Waals surface area contributed by atoms with Crippen LogP contribution in [0, 0.1) is 0 Å². The number of carbonyl (C=O) groups is 2. The molecule has 2 rings (SSSR count). The van der Waals surface area contributed by atoms with Crippen molar-refractivity contribution in [2.24, 2.45) is 0 Å². The minimum Gasteiger partial charge on any atom is -0.243 e. The van der Waals surface area contributed by atoms with Crippen LogP contribution in [0.2, 0.25) is 0 Å². The molecule has 4 amide bonds. The van der Waals surface area contributed by atoms with Crippen LogP contribution in [0.4, 0.5) is 9.59 Å². The van der Waals surface area contributed by atoms with Crippen molar-refractivity contribution in [3.63, 3.8) is 0 Å². The molecule has 1 N–H and O–H groups in total.